The molecule has 2 aromatic rings. The molecule has 0 atom stereocenters. The van der Waals surface area contributed by atoms with Gasteiger partial charge < -0.3 is 10.1 Å². The number of aromatic nitrogens is 1. The Labute approximate surface area is 123 Å². The van der Waals surface area contributed by atoms with E-state index in [0.717, 1.165) is 43.8 Å². The van der Waals surface area contributed by atoms with Crippen LogP contribution in [-0.4, -0.2) is 55.2 Å². The molecule has 1 aliphatic heterocycles. The van der Waals surface area contributed by atoms with Crippen LogP contribution in [0.15, 0.2) is 36.5 Å². The molecule has 1 amide bonds. The number of carbonyl (C=O) groups is 1. The third-order valence-corrected chi connectivity index (χ3v) is 3.69. The van der Waals surface area contributed by atoms with Crippen molar-refractivity contribution in [2.45, 2.75) is 0 Å². The van der Waals surface area contributed by atoms with Crippen LogP contribution in [0.4, 0.5) is 0 Å². The molecule has 1 saturated heterocycles. The van der Waals surface area contributed by atoms with Gasteiger partial charge in [0.2, 0.25) is 0 Å². The van der Waals surface area contributed by atoms with Crippen molar-refractivity contribution in [1.29, 1.82) is 0 Å². The quantitative estimate of drug-likeness (QED) is 0.920. The van der Waals surface area contributed by atoms with Crippen molar-refractivity contribution in [3.8, 4) is 0 Å². The smallest absolute Gasteiger partial charge is 0.251 e. The Kier molecular flexibility index (Phi) is 4.43. The largest absolute Gasteiger partial charge is 0.379 e. The van der Waals surface area contributed by atoms with E-state index in [1.807, 2.05) is 30.3 Å². The van der Waals surface area contributed by atoms with E-state index in [0.29, 0.717) is 12.1 Å². The van der Waals surface area contributed by atoms with Gasteiger partial charge in [-0.05, 0) is 18.2 Å². The van der Waals surface area contributed by atoms with Gasteiger partial charge in [0.05, 0.1) is 18.7 Å². The van der Waals surface area contributed by atoms with E-state index in [1.165, 1.54) is 0 Å². The lowest BCUT2D eigenvalue weighted by molar-refractivity contribution is 0.0383. The molecule has 0 spiro atoms. The van der Waals surface area contributed by atoms with Gasteiger partial charge in [-0.15, -0.1) is 0 Å². The Morgan fingerprint density at radius 1 is 1.29 bits per heavy atom. The van der Waals surface area contributed by atoms with Gasteiger partial charge in [-0.2, -0.15) is 0 Å². The number of amides is 1. The highest BCUT2D eigenvalue weighted by molar-refractivity contribution is 5.97. The second-order valence-electron chi connectivity index (χ2n) is 5.12. The lowest BCUT2D eigenvalue weighted by Crippen LogP contribution is -2.41. The zero-order valence-electron chi connectivity index (χ0n) is 11.9. The minimum Gasteiger partial charge on any atom is -0.379 e. The molecule has 5 nitrogen and oxygen atoms in total. The van der Waals surface area contributed by atoms with Gasteiger partial charge in [-0.3, -0.25) is 14.7 Å². The first-order valence-electron chi connectivity index (χ1n) is 7.26. The maximum absolute atomic E-state index is 12.1. The summed E-state index contributed by atoms with van der Waals surface area (Å²) >= 11 is 0. The Morgan fingerprint density at radius 2 is 2.14 bits per heavy atom. The number of morpholine rings is 1. The van der Waals surface area contributed by atoms with Crippen LogP contribution in [0.2, 0.25) is 0 Å². The van der Waals surface area contributed by atoms with Crippen molar-refractivity contribution in [3.63, 3.8) is 0 Å². The van der Waals surface area contributed by atoms with Crippen LogP contribution in [0.25, 0.3) is 10.9 Å². The standard InChI is InChI=1S/C16H19N3O2/c20-16(18-6-7-19-8-10-21-11-9-19)14-4-3-13-2-1-5-17-15(13)12-14/h1-5,12H,6-11H2,(H,18,20). The van der Waals surface area contributed by atoms with Gasteiger partial charge >= 0.3 is 0 Å². The fourth-order valence-corrected chi connectivity index (χ4v) is 2.46. The predicted octanol–water partition coefficient (Wildman–Crippen LogP) is 1.30. The van der Waals surface area contributed by atoms with Gasteiger partial charge in [-0.25, -0.2) is 0 Å². The van der Waals surface area contributed by atoms with Gasteiger partial charge in [0.1, 0.15) is 0 Å². The van der Waals surface area contributed by atoms with Gasteiger partial charge in [-0.1, -0.05) is 12.1 Å². The molecule has 1 aromatic carbocycles. The Balaban J connectivity index is 1.56. The molecule has 0 aliphatic carbocycles. The third kappa shape index (κ3) is 3.56. The summed E-state index contributed by atoms with van der Waals surface area (Å²) in [6.45, 7) is 4.96. The first-order chi connectivity index (χ1) is 10.3. The Hall–Kier alpha value is -1.98. The Bertz CT molecular complexity index is 624. The molecule has 21 heavy (non-hydrogen) atoms. The fraction of sp³-hybridized carbons (Fsp3) is 0.375. The van der Waals surface area contributed by atoms with Crippen LogP contribution in [0.3, 0.4) is 0 Å². The zero-order valence-corrected chi connectivity index (χ0v) is 11.9. The highest BCUT2D eigenvalue weighted by Crippen LogP contribution is 2.12. The highest BCUT2D eigenvalue weighted by atomic mass is 16.5. The van der Waals surface area contributed by atoms with E-state index in [2.05, 4.69) is 15.2 Å². The van der Waals surface area contributed by atoms with E-state index in [-0.39, 0.29) is 5.91 Å². The summed E-state index contributed by atoms with van der Waals surface area (Å²) in [5.41, 5.74) is 1.50. The fourth-order valence-electron chi connectivity index (χ4n) is 2.46. The average Bonchev–Trinajstić information content (AvgIpc) is 2.55. The number of nitrogens with one attached hydrogen (secondary N) is 1. The summed E-state index contributed by atoms with van der Waals surface area (Å²) in [6.07, 6.45) is 1.74. The lowest BCUT2D eigenvalue weighted by Gasteiger charge is -2.26. The number of rotatable bonds is 4. The molecule has 5 heteroatoms. The van der Waals surface area contributed by atoms with Gasteiger partial charge in [0.25, 0.3) is 5.91 Å². The topological polar surface area (TPSA) is 54.5 Å². The summed E-state index contributed by atoms with van der Waals surface area (Å²) in [5.74, 6) is -0.0455. The molecule has 3 rings (SSSR count). The zero-order chi connectivity index (χ0) is 14.5. The maximum Gasteiger partial charge on any atom is 0.251 e. The van der Waals surface area contributed by atoms with Gasteiger partial charge in [0, 0.05) is 43.3 Å². The highest BCUT2D eigenvalue weighted by Gasteiger charge is 2.11. The number of nitrogens with zero attached hydrogens (tertiary/aromatic N) is 2. The van der Waals surface area contributed by atoms with Crippen LogP contribution in [0.1, 0.15) is 10.4 Å². The molecule has 0 saturated carbocycles. The molecule has 0 radical (unpaired) electrons. The van der Waals surface area contributed by atoms with Crippen molar-refractivity contribution in [1.82, 2.24) is 15.2 Å². The second-order valence-corrected chi connectivity index (χ2v) is 5.12. The number of fused-ring (bicyclic) bond motifs is 1. The first kappa shape index (κ1) is 14.0. The first-order valence-corrected chi connectivity index (χ1v) is 7.26. The molecule has 0 bridgehead atoms. The maximum atomic E-state index is 12.1. The molecule has 110 valence electrons. The molecule has 1 aliphatic rings. The molecule has 1 aromatic heterocycles. The molecular weight excluding hydrogens is 266 g/mol. The van der Waals surface area contributed by atoms with Crippen LogP contribution >= 0.6 is 0 Å². The van der Waals surface area contributed by atoms with Crippen molar-refractivity contribution >= 4 is 16.8 Å². The van der Waals surface area contributed by atoms with Crippen molar-refractivity contribution in [3.05, 3.63) is 42.1 Å². The minimum atomic E-state index is -0.0455. The molecular formula is C16H19N3O2. The van der Waals surface area contributed by atoms with Crippen molar-refractivity contribution < 1.29 is 9.53 Å². The van der Waals surface area contributed by atoms with Crippen LogP contribution in [0, 0.1) is 0 Å². The molecule has 1 N–H and O–H groups in total. The van der Waals surface area contributed by atoms with E-state index in [9.17, 15) is 4.79 Å². The summed E-state index contributed by atoms with van der Waals surface area (Å²) in [5, 5.41) is 4.01. The molecule has 1 fully saturated rings. The summed E-state index contributed by atoms with van der Waals surface area (Å²) in [4.78, 5) is 18.7. The Morgan fingerprint density at radius 3 is 3.00 bits per heavy atom. The monoisotopic (exact) mass is 285 g/mol. The molecule has 2 heterocycles. The van der Waals surface area contributed by atoms with Crippen molar-refractivity contribution in [2.75, 3.05) is 39.4 Å². The number of ether oxygens (including phenoxy) is 1. The minimum absolute atomic E-state index is 0.0455. The van der Waals surface area contributed by atoms with Crippen molar-refractivity contribution in [2.24, 2.45) is 0 Å². The number of benzene rings is 1. The average molecular weight is 285 g/mol. The summed E-state index contributed by atoms with van der Waals surface area (Å²) < 4.78 is 5.30. The molecule has 0 unspecified atom stereocenters. The van der Waals surface area contributed by atoms with E-state index < -0.39 is 0 Å². The summed E-state index contributed by atoms with van der Waals surface area (Å²) in [7, 11) is 0. The van der Waals surface area contributed by atoms with E-state index in [4.69, 9.17) is 4.74 Å². The SMILES string of the molecule is O=C(NCCN1CCOCC1)c1ccc2cccnc2c1. The number of pyridine rings is 1. The van der Waals surface area contributed by atoms with Crippen LogP contribution in [-0.2, 0) is 4.74 Å². The number of hydrogen-bond donors (Lipinski definition) is 1. The van der Waals surface area contributed by atoms with Crippen LogP contribution < -0.4 is 5.32 Å². The third-order valence-electron chi connectivity index (χ3n) is 3.69. The van der Waals surface area contributed by atoms with Gasteiger partial charge in [0.15, 0.2) is 0 Å². The predicted molar refractivity (Wildman–Crippen MR) is 81.3 cm³/mol. The lowest BCUT2D eigenvalue weighted by atomic mass is 10.1. The number of hydrogen-bond acceptors (Lipinski definition) is 4. The normalized spacial score (nSPS) is 16.0. The van der Waals surface area contributed by atoms with E-state index >= 15 is 0 Å². The van der Waals surface area contributed by atoms with E-state index in [1.54, 1.807) is 6.20 Å². The summed E-state index contributed by atoms with van der Waals surface area (Å²) in [6, 6.07) is 9.49. The van der Waals surface area contributed by atoms with Crippen LogP contribution in [0.5, 0.6) is 0 Å². The second kappa shape index (κ2) is 6.65. The number of carbonyl (C=O) groups excluding carboxylic acids is 1.